The van der Waals surface area contributed by atoms with Gasteiger partial charge in [-0.2, -0.15) is 13.2 Å². The Morgan fingerprint density at radius 1 is 1.26 bits per heavy atom. The Morgan fingerprint density at radius 3 is 2.61 bits per heavy atom. The molecule has 1 N–H and O–H groups in total. The number of halogens is 3. The third-order valence-electron chi connectivity index (χ3n) is 3.21. The van der Waals surface area contributed by atoms with E-state index < -0.39 is 17.7 Å². The van der Waals surface area contributed by atoms with Gasteiger partial charge in [-0.3, -0.25) is 4.79 Å². The van der Waals surface area contributed by atoms with Gasteiger partial charge in [0.05, 0.1) is 0 Å². The number of rotatable bonds is 3. The highest BCUT2D eigenvalue weighted by atomic mass is 19.4. The topological polar surface area (TPSA) is 45.8 Å². The molecule has 0 saturated carbocycles. The first-order valence-corrected chi connectivity index (χ1v) is 6.94. The minimum Gasteiger partial charge on any atom is -0.360 e. The normalized spacial score (nSPS) is 14.0. The van der Waals surface area contributed by atoms with E-state index in [1.807, 2.05) is 13.0 Å². The van der Waals surface area contributed by atoms with Crippen molar-refractivity contribution in [1.82, 2.24) is 9.97 Å². The van der Waals surface area contributed by atoms with Crippen molar-refractivity contribution in [3.63, 3.8) is 0 Å². The molecule has 0 fully saturated rings. The van der Waals surface area contributed by atoms with E-state index in [4.69, 9.17) is 0 Å². The average molecular weight is 320 g/mol. The van der Waals surface area contributed by atoms with Crippen LogP contribution in [-0.2, 0) is 6.18 Å². The Balaban J connectivity index is 2.53. The first-order valence-electron chi connectivity index (χ1n) is 6.94. The summed E-state index contributed by atoms with van der Waals surface area (Å²) >= 11 is 0. The molecular weight excluding hydrogens is 305 g/mol. The number of aromatic amines is 1. The Bertz CT molecular complexity index is 861. The summed E-state index contributed by atoms with van der Waals surface area (Å²) in [4.78, 5) is 18.9. The van der Waals surface area contributed by atoms with Gasteiger partial charge in [-0.25, -0.2) is 4.98 Å². The molecule has 2 aromatic rings. The van der Waals surface area contributed by atoms with E-state index in [1.54, 1.807) is 25.2 Å². The molecule has 2 aromatic heterocycles. The molecule has 2 rings (SSSR count). The number of carbonyl (C=O) groups is 1. The van der Waals surface area contributed by atoms with Gasteiger partial charge in [0.1, 0.15) is 11.4 Å². The van der Waals surface area contributed by atoms with Gasteiger partial charge in [0.25, 0.3) is 0 Å². The summed E-state index contributed by atoms with van der Waals surface area (Å²) in [5.74, 6) is -0.555. The van der Waals surface area contributed by atoms with Gasteiger partial charge in [-0.1, -0.05) is 24.3 Å². The van der Waals surface area contributed by atoms with Gasteiger partial charge < -0.3 is 4.98 Å². The lowest BCUT2D eigenvalue weighted by atomic mass is 10.1. The van der Waals surface area contributed by atoms with Crippen LogP contribution >= 0.6 is 0 Å². The monoisotopic (exact) mass is 320 g/mol. The Morgan fingerprint density at radius 2 is 2.00 bits per heavy atom. The molecule has 0 amide bonds. The molecule has 0 atom stereocenters. The summed E-state index contributed by atoms with van der Waals surface area (Å²) < 4.78 is 38.2. The predicted molar refractivity (Wildman–Crippen MR) is 82.1 cm³/mol. The maximum Gasteiger partial charge on any atom is 0.433 e. The molecule has 0 unspecified atom stereocenters. The Labute approximate surface area is 130 Å². The van der Waals surface area contributed by atoms with Crippen molar-refractivity contribution in [2.75, 3.05) is 0 Å². The lowest BCUT2D eigenvalue weighted by Crippen LogP contribution is -2.27. The number of ketones is 1. The standard InChI is InChI=1S/C17H15F3N2O/c1-3-5-7-13-11(4-2)12(10-21-13)16(23)14-8-6-9-15(22-14)17(18,19)20/h3-10,21H,1-2H3/b5-3-,11-4-,13-7+. The molecule has 120 valence electrons. The highest BCUT2D eigenvalue weighted by Crippen LogP contribution is 2.27. The van der Waals surface area contributed by atoms with E-state index >= 15 is 0 Å². The fourth-order valence-corrected chi connectivity index (χ4v) is 2.14. The number of nitrogens with one attached hydrogen (secondary N) is 1. The van der Waals surface area contributed by atoms with Crippen molar-refractivity contribution < 1.29 is 18.0 Å². The fraction of sp³-hybridized carbons (Fsp3) is 0.176. The van der Waals surface area contributed by atoms with Crippen LogP contribution in [0.3, 0.4) is 0 Å². The second-order valence-corrected chi connectivity index (χ2v) is 4.75. The van der Waals surface area contributed by atoms with Gasteiger partial charge in [-0.15, -0.1) is 0 Å². The molecule has 0 saturated heterocycles. The number of carbonyl (C=O) groups excluding carboxylic acids is 1. The zero-order chi connectivity index (χ0) is 17.0. The molecule has 23 heavy (non-hydrogen) atoms. The number of aromatic nitrogens is 2. The maximum absolute atomic E-state index is 12.7. The molecule has 0 radical (unpaired) electrons. The second-order valence-electron chi connectivity index (χ2n) is 4.75. The summed E-state index contributed by atoms with van der Waals surface area (Å²) in [5, 5.41) is 1.34. The van der Waals surface area contributed by atoms with Crippen molar-refractivity contribution >= 4 is 17.9 Å². The molecule has 0 aromatic carbocycles. The van der Waals surface area contributed by atoms with Crippen LogP contribution in [0.4, 0.5) is 13.2 Å². The lowest BCUT2D eigenvalue weighted by Gasteiger charge is -2.06. The Kier molecular flexibility index (Phi) is 4.83. The van der Waals surface area contributed by atoms with Gasteiger partial charge in [0.15, 0.2) is 0 Å². The third kappa shape index (κ3) is 3.59. The zero-order valence-electron chi connectivity index (χ0n) is 12.6. The van der Waals surface area contributed by atoms with Crippen molar-refractivity contribution in [2.24, 2.45) is 0 Å². The summed E-state index contributed by atoms with van der Waals surface area (Å²) in [7, 11) is 0. The van der Waals surface area contributed by atoms with Gasteiger partial charge >= 0.3 is 6.18 Å². The van der Waals surface area contributed by atoms with E-state index in [2.05, 4.69) is 9.97 Å². The molecule has 0 aliphatic heterocycles. The number of alkyl halides is 3. The minimum absolute atomic E-state index is 0.237. The lowest BCUT2D eigenvalue weighted by molar-refractivity contribution is -0.141. The summed E-state index contributed by atoms with van der Waals surface area (Å²) in [6, 6.07) is 3.29. The molecule has 0 aliphatic rings. The second kappa shape index (κ2) is 6.64. The molecule has 0 bridgehead atoms. The predicted octanol–water partition coefficient (Wildman–Crippen LogP) is 2.82. The van der Waals surface area contributed by atoms with E-state index in [0.29, 0.717) is 10.6 Å². The molecule has 6 heteroatoms. The van der Waals surface area contributed by atoms with Crippen molar-refractivity contribution in [2.45, 2.75) is 20.0 Å². The van der Waals surface area contributed by atoms with Crippen LogP contribution in [0.15, 0.2) is 36.5 Å². The quantitative estimate of drug-likeness (QED) is 0.884. The van der Waals surface area contributed by atoms with Crippen LogP contribution < -0.4 is 10.6 Å². The number of nitrogens with zero attached hydrogens (tertiary/aromatic N) is 1. The number of hydrogen-bond acceptors (Lipinski definition) is 2. The number of hydrogen-bond donors (Lipinski definition) is 1. The summed E-state index contributed by atoms with van der Waals surface area (Å²) in [6.07, 6.45) is 4.04. The highest BCUT2D eigenvalue weighted by molar-refractivity contribution is 6.07. The smallest absolute Gasteiger partial charge is 0.360 e. The van der Waals surface area contributed by atoms with Crippen LogP contribution in [0.1, 0.15) is 35.6 Å². The van der Waals surface area contributed by atoms with Crippen LogP contribution in [-0.4, -0.2) is 15.8 Å². The molecule has 0 aliphatic carbocycles. The van der Waals surface area contributed by atoms with Gasteiger partial charge in [0.2, 0.25) is 5.78 Å². The van der Waals surface area contributed by atoms with Crippen LogP contribution in [0, 0.1) is 0 Å². The van der Waals surface area contributed by atoms with E-state index in [9.17, 15) is 18.0 Å². The van der Waals surface area contributed by atoms with E-state index in [1.165, 1.54) is 18.3 Å². The van der Waals surface area contributed by atoms with Crippen LogP contribution in [0.5, 0.6) is 0 Å². The van der Waals surface area contributed by atoms with Crippen LogP contribution in [0.2, 0.25) is 0 Å². The third-order valence-corrected chi connectivity index (χ3v) is 3.21. The molecule has 0 spiro atoms. The maximum atomic E-state index is 12.7. The van der Waals surface area contributed by atoms with E-state index in [0.717, 1.165) is 6.07 Å². The largest absolute Gasteiger partial charge is 0.433 e. The number of H-pyrrole nitrogens is 1. The fourth-order valence-electron chi connectivity index (χ4n) is 2.14. The van der Waals surface area contributed by atoms with Crippen molar-refractivity contribution in [3.8, 4) is 0 Å². The van der Waals surface area contributed by atoms with E-state index in [-0.39, 0.29) is 11.3 Å². The summed E-state index contributed by atoms with van der Waals surface area (Å²) in [6.45, 7) is 3.61. The van der Waals surface area contributed by atoms with Crippen LogP contribution in [0.25, 0.3) is 12.2 Å². The number of pyridine rings is 1. The minimum atomic E-state index is -4.58. The average Bonchev–Trinajstić information content (AvgIpc) is 2.94. The zero-order valence-corrected chi connectivity index (χ0v) is 12.6. The SMILES string of the molecule is C\C=C/C=c1/[nH]cc(C(=O)c2cccc(C(F)(F)F)n2)/c1=C/C. The molecular formula is C17H15F3N2O. The van der Waals surface area contributed by atoms with Gasteiger partial charge in [0, 0.05) is 22.3 Å². The van der Waals surface area contributed by atoms with Gasteiger partial charge in [-0.05, 0) is 32.1 Å². The van der Waals surface area contributed by atoms with Crippen molar-refractivity contribution in [1.29, 1.82) is 0 Å². The van der Waals surface area contributed by atoms with Crippen molar-refractivity contribution in [3.05, 3.63) is 64.1 Å². The summed E-state index contributed by atoms with van der Waals surface area (Å²) in [5.41, 5.74) is -1.03. The Hall–Kier alpha value is -2.63. The number of allylic oxidation sites excluding steroid dienone is 2. The first kappa shape index (κ1) is 16.7. The molecule has 3 nitrogen and oxygen atoms in total. The molecule has 2 heterocycles. The highest BCUT2D eigenvalue weighted by Gasteiger charge is 2.33. The first-order chi connectivity index (χ1) is 10.9.